The average Bonchev–Trinajstić information content (AvgIpc) is 2.87. The number of ether oxygens (including phenoxy) is 1. The number of thiophene rings is 1. The summed E-state index contributed by atoms with van der Waals surface area (Å²) in [5, 5.41) is 19.8. The lowest BCUT2D eigenvalue weighted by Gasteiger charge is -2.05. The quantitative estimate of drug-likeness (QED) is 0.538. The largest absolute Gasteiger partial charge is 0.450 e. The van der Waals surface area contributed by atoms with Crippen molar-refractivity contribution in [1.29, 1.82) is 5.26 Å². The summed E-state index contributed by atoms with van der Waals surface area (Å²) < 4.78 is 20.1. The third-order valence-electron chi connectivity index (χ3n) is 2.84. The molecule has 108 valence electrons. The number of nitriles is 1. The maximum Gasteiger partial charge on any atom is 0.272 e. The van der Waals surface area contributed by atoms with Crippen LogP contribution in [0.4, 0.5) is 10.1 Å². The van der Waals surface area contributed by atoms with E-state index in [0.717, 1.165) is 22.9 Å². The Hall–Kier alpha value is -3.05. The number of halogens is 1. The lowest BCUT2D eigenvalue weighted by molar-refractivity contribution is -0.385. The molecular formula is C14H6FN3O3S. The summed E-state index contributed by atoms with van der Waals surface area (Å²) in [7, 11) is 0. The van der Waals surface area contributed by atoms with Crippen LogP contribution >= 0.6 is 11.3 Å². The number of nitro benzene ring substituents is 1. The Balaban J connectivity index is 2.07. The van der Waals surface area contributed by atoms with Crippen LogP contribution in [0.15, 0.2) is 36.5 Å². The molecule has 0 aliphatic rings. The van der Waals surface area contributed by atoms with Gasteiger partial charge < -0.3 is 4.74 Å². The number of pyridine rings is 1. The molecule has 0 aliphatic heterocycles. The van der Waals surface area contributed by atoms with Gasteiger partial charge in [-0.3, -0.25) is 15.1 Å². The van der Waals surface area contributed by atoms with Crippen molar-refractivity contribution in [2.24, 2.45) is 0 Å². The minimum atomic E-state index is -0.881. The van der Waals surface area contributed by atoms with Crippen LogP contribution in [0.1, 0.15) is 4.88 Å². The van der Waals surface area contributed by atoms with Crippen LogP contribution in [0.3, 0.4) is 0 Å². The number of nitro groups is 1. The van der Waals surface area contributed by atoms with Gasteiger partial charge in [0.1, 0.15) is 11.6 Å². The van der Waals surface area contributed by atoms with E-state index in [1.165, 1.54) is 17.5 Å². The van der Waals surface area contributed by atoms with E-state index in [9.17, 15) is 14.5 Å². The molecule has 0 bridgehead atoms. The van der Waals surface area contributed by atoms with Gasteiger partial charge in [0, 0.05) is 12.3 Å². The molecule has 3 aromatic rings. The summed E-state index contributed by atoms with van der Waals surface area (Å²) >= 11 is 1.18. The molecule has 0 amide bonds. The Labute approximate surface area is 127 Å². The van der Waals surface area contributed by atoms with Gasteiger partial charge in [-0.15, -0.1) is 11.3 Å². The molecule has 2 heterocycles. The average molecular weight is 315 g/mol. The Bertz CT molecular complexity index is 933. The molecule has 6 nitrogen and oxygen atoms in total. The van der Waals surface area contributed by atoms with Crippen molar-refractivity contribution in [2.75, 3.05) is 0 Å². The Morgan fingerprint density at radius 2 is 2.23 bits per heavy atom. The molecule has 0 unspecified atom stereocenters. The Morgan fingerprint density at radius 3 is 2.91 bits per heavy atom. The first-order chi connectivity index (χ1) is 10.6. The number of fused-ring (bicyclic) bond motifs is 1. The fraction of sp³-hybridized carbons (Fsp3) is 0. The second-order valence-electron chi connectivity index (χ2n) is 4.20. The molecule has 0 N–H and O–H groups in total. The summed E-state index contributed by atoms with van der Waals surface area (Å²) in [5.74, 6) is -0.934. The van der Waals surface area contributed by atoms with Gasteiger partial charge in [-0.25, -0.2) is 4.39 Å². The van der Waals surface area contributed by atoms with Gasteiger partial charge in [0.25, 0.3) is 5.69 Å². The van der Waals surface area contributed by atoms with Crippen molar-refractivity contribution in [3.05, 3.63) is 57.3 Å². The fourth-order valence-electron chi connectivity index (χ4n) is 1.87. The topological polar surface area (TPSA) is 89.0 Å². The molecule has 0 aliphatic carbocycles. The molecule has 0 saturated carbocycles. The van der Waals surface area contributed by atoms with Gasteiger partial charge >= 0.3 is 0 Å². The lowest BCUT2D eigenvalue weighted by atomic mass is 10.3. The third kappa shape index (κ3) is 2.34. The molecular weight excluding hydrogens is 309 g/mol. The molecule has 0 spiro atoms. The number of benzene rings is 1. The zero-order valence-electron chi connectivity index (χ0n) is 10.8. The zero-order valence-corrected chi connectivity index (χ0v) is 11.6. The zero-order chi connectivity index (χ0) is 15.7. The molecule has 1 aromatic carbocycles. The Kier molecular flexibility index (Phi) is 3.40. The summed E-state index contributed by atoms with van der Waals surface area (Å²) in [5.41, 5.74) is 0.0699. The van der Waals surface area contributed by atoms with E-state index in [1.54, 1.807) is 12.1 Å². The second-order valence-corrected chi connectivity index (χ2v) is 5.25. The van der Waals surface area contributed by atoms with E-state index in [0.29, 0.717) is 5.52 Å². The van der Waals surface area contributed by atoms with Gasteiger partial charge in [-0.2, -0.15) is 5.26 Å². The van der Waals surface area contributed by atoms with Crippen LogP contribution in [0.2, 0.25) is 0 Å². The van der Waals surface area contributed by atoms with Gasteiger partial charge in [0.15, 0.2) is 22.2 Å². The van der Waals surface area contributed by atoms with Gasteiger partial charge in [0.2, 0.25) is 0 Å². The van der Waals surface area contributed by atoms with E-state index in [1.807, 2.05) is 6.07 Å². The predicted molar refractivity (Wildman–Crippen MR) is 77.5 cm³/mol. The molecule has 22 heavy (non-hydrogen) atoms. The van der Waals surface area contributed by atoms with Crippen molar-refractivity contribution in [3.63, 3.8) is 0 Å². The molecule has 0 radical (unpaired) electrons. The van der Waals surface area contributed by atoms with E-state index in [-0.39, 0.29) is 22.1 Å². The molecule has 0 saturated heterocycles. The van der Waals surface area contributed by atoms with Crippen LogP contribution in [-0.2, 0) is 0 Å². The van der Waals surface area contributed by atoms with Crippen LogP contribution in [0.5, 0.6) is 11.5 Å². The number of aromatic nitrogens is 1. The van der Waals surface area contributed by atoms with Crippen molar-refractivity contribution in [1.82, 2.24) is 4.98 Å². The predicted octanol–water partition coefficient (Wildman–Crippen LogP) is 4.01. The number of nitrogens with zero attached hydrogens (tertiary/aromatic N) is 3. The smallest absolute Gasteiger partial charge is 0.272 e. The normalized spacial score (nSPS) is 10.4. The second kappa shape index (κ2) is 5.38. The maximum atomic E-state index is 13.9. The first-order valence-electron chi connectivity index (χ1n) is 5.99. The summed E-state index contributed by atoms with van der Waals surface area (Å²) in [6.07, 6.45) is 1.54. The molecule has 0 fully saturated rings. The minimum absolute atomic E-state index is 0.149. The summed E-state index contributed by atoms with van der Waals surface area (Å²) in [6.45, 7) is 0. The molecule has 8 heteroatoms. The van der Waals surface area contributed by atoms with Crippen LogP contribution in [0, 0.1) is 27.3 Å². The lowest BCUT2D eigenvalue weighted by Crippen LogP contribution is -1.93. The van der Waals surface area contributed by atoms with Gasteiger partial charge in [0.05, 0.1) is 15.7 Å². The highest BCUT2D eigenvalue weighted by Gasteiger charge is 2.18. The Morgan fingerprint density at radius 1 is 1.41 bits per heavy atom. The highest BCUT2D eigenvalue weighted by Crippen LogP contribution is 2.39. The standard InChI is InChI=1S/C14H6FN3O3S/c15-9-6-8(18(19)20)3-4-10(9)21-14-12(7-16)22-11-2-1-5-17-13(11)14/h1-6H. The van der Waals surface area contributed by atoms with Crippen LogP contribution in [0.25, 0.3) is 10.2 Å². The summed E-state index contributed by atoms with van der Waals surface area (Å²) in [6, 6.07) is 8.52. The van der Waals surface area contributed by atoms with E-state index in [4.69, 9.17) is 10.00 Å². The van der Waals surface area contributed by atoms with Crippen molar-refractivity contribution >= 4 is 27.2 Å². The number of non-ortho nitro benzene ring substituents is 1. The van der Waals surface area contributed by atoms with Crippen molar-refractivity contribution in [2.45, 2.75) is 0 Å². The monoisotopic (exact) mass is 315 g/mol. The molecule has 0 atom stereocenters. The molecule has 2 aromatic heterocycles. The molecule has 3 rings (SSSR count). The number of hydrogen-bond acceptors (Lipinski definition) is 6. The van der Waals surface area contributed by atoms with Gasteiger partial charge in [-0.05, 0) is 18.2 Å². The highest BCUT2D eigenvalue weighted by molar-refractivity contribution is 7.19. The fourth-order valence-corrected chi connectivity index (χ4v) is 2.76. The third-order valence-corrected chi connectivity index (χ3v) is 3.87. The van der Waals surface area contributed by atoms with Crippen molar-refractivity contribution in [3.8, 4) is 17.6 Å². The first kappa shape index (κ1) is 13.9. The number of rotatable bonds is 3. The number of hydrogen-bond donors (Lipinski definition) is 0. The van der Waals surface area contributed by atoms with Crippen molar-refractivity contribution < 1.29 is 14.1 Å². The summed E-state index contributed by atoms with van der Waals surface area (Å²) in [4.78, 5) is 14.3. The highest BCUT2D eigenvalue weighted by atomic mass is 32.1. The van der Waals surface area contributed by atoms with E-state index >= 15 is 0 Å². The van der Waals surface area contributed by atoms with E-state index < -0.39 is 10.7 Å². The van der Waals surface area contributed by atoms with E-state index in [2.05, 4.69) is 4.98 Å². The van der Waals surface area contributed by atoms with Gasteiger partial charge in [-0.1, -0.05) is 0 Å². The first-order valence-corrected chi connectivity index (χ1v) is 6.81. The van der Waals surface area contributed by atoms with Crippen LogP contribution in [-0.4, -0.2) is 9.91 Å². The minimum Gasteiger partial charge on any atom is -0.450 e. The maximum absolute atomic E-state index is 13.9. The van der Waals surface area contributed by atoms with Crippen LogP contribution < -0.4 is 4.74 Å². The SMILES string of the molecule is N#Cc1sc2cccnc2c1Oc1ccc([N+](=O)[O-])cc1F.